The molecule has 2 aromatic heterocycles. The van der Waals surface area contributed by atoms with Gasteiger partial charge in [0.25, 0.3) is 0 Å². The number of halogens is 2. The van der Waals surface area contributed by atoms with Crippen molar-refractivity contribution in [1.82, 2.24) is 10.2 Å². The molecule has 3 N–H and O–H groups in total. The van der Waals surface area contributed by atoms with E-state index >= 15 is 0 Å². The number of nitrogens with two attached hydrogens (primary N) is 1. The molecule has 0 bridgehead atoms. The molecule has 0 radical (unpaired) electrons. The van der Waals surface area contributed by atoms with Gasteiger partial charge in [-0.3, -0.25) is 5.10 Å². The van der Waals surface area contributed by atoms with E-state index in [1.54, 1.807) is 0 Å². The Bertz CT molecular complexity index is 1190. The molecule has 0 aliphatic carbocycles. The van der Waals surface area contributed by atoms with Crippen LogP contribution in [0.2, 0.25) is 9.36 Å². The van der Waals surface area contributed by atoms with E-state index in [0.717, 1.165) is 27.3 Å². The number of fused-ring (bicyclic) bond motifs is 1. The van der Waals surface area contributed by atoms with Crippen LogP contribution in [0.5, 0.6) is 5.88 Å². The molecule has 29 heavy (non-hydrogen) atoms. The topological polar surface area (TPSA) is 87.7 Å². The van der Waals surface area contributed by atoms with Gasteiger partial charge in [0, 0.05) is 15.6 Å². The van der Waals surface area contributed by atoms with Crippen molar-refractivity contribution in [2.75, 3.05) is 0 Å². The normalized spacial score (nSPS) is 18.5. The summed E-state index contributed by atoms with van der Waals surface area (Å²) in [7, 11) is 0. The lowest BCUT2D eigenvalue weighted by Gasteiger charge is -2.41. The Morgan fingerprint density at radius 3 is 2.66 bits per heavy atom. The summed E-state index contributed by atoms with van der Waals surface area (Å²) in [6.07, 6.45) is 0. The van der Waals surface area contributed by atoms with E-state index in [9.17, 15) is 5.26 Å². The molecule has 1 aliphatic heterocycles. The molecule has 0 saturated carbocycles. The number of allylic oxidation sites excluding steroid dienone is 1. The molecule has 1 aliphatic rings. The maximum atomic E-state index is 10.1. The average molecular weight is 445 g/mol. The van der Waals surface area contributed by atoms with Crippen LogP contribution in [0.25, 0.3) is 10.4 Å². The minimum Gasteiger partial charge on any atom is -0.420 e. The first-order chi connectivity index (χ1) is 13.8. The quantitative estimate of drug-likeness (QED) is 0.535. The number of nitriles is 1. The number of nitrogens with one attached hydrogen (secondary N) is 1. The zero-order valence-corrected chi connectivity index (χ0v) is 18.3. The zero-order valence-electron chi connectivity index (χ0n) is 16.0. The fraction of sp³-hybridized carbons (Fsp3) is 0.238. The molecule has 1 atom stereocenters. The van der Waals surface area contributed by atoms with Gasteiger partial charge in [-0.25, -0.2) is 0 Å². The number of aromatic amines is 1. The van der Waals surface area contributed by atoms with E-state index in [1.807, 2.05) is 37.3 Å². The summed E-state index contributed by atoms with van der Waals surface area (Å²) in [5.74, 6) is 0.405. The lowest BCUT2D eigenvalue weighted by Crippen LogP contribution is -2.41. The monoisotopic (exact) mass is 444 g/mol. The van der Waals surface area contributed by atoms with Gasteiger partial charge in [0.2, 0.25) is 11.8 Å². The van der Waals surface area contributed by atoms with Crippen molar-refractivity contribution in [3.63, 3.8) is 0 Å². The van der Waals surface area contributed by atoms with Crippen molar-refractivity contribution in [3.8, 4) is 22.4 Å². The van der Waals surface area contributed by atoms with Crippen LogP contribution in [0.1, 0.15) is 30.7 Å². The first-order valence-corrected chi connectivity index (χ1v) is 10.6. The molecule has 148 valence electrons. The Labute approximate surface area is 182 Å². The zero-order chi connectivity index (χ0) is 20.9. The van der Waals surface area contributed by atoms with Crippen molar-refractivity contribution >= 4 is 34.5 Å². The van der Waals surface area contributed by atoms with E-state index < -0.39 is 5.41 Å². The number of thiophene rings is 1. The largest absolute Gasteiger partial charge is 0.420 e. The van der Waals surface area contributed by atoms with Gasteiger partial charge in [-0.1, -0.05) is 37.0 Å². The Morgan fingerprint density at radius 1 is 1.28 bits per heavy atom. The highest BCUT2D eigenvalue weighted by atomic mass is 35.5. The van der Waals surface area contributed by atoms with E-state index in [1.165, 1.54) is 11.3 Å². The summed E-state index contributed by atoms with van der Waals surface area (Å²) >= 11 is 14.2. The van der Waals surface area contributed by atoms with Crippen LogP contribution >= 0.6 is 34.5 Å². The highest BCUT2D eigenvalue weighted by molar-refractivity contribution is 7.19. The Morgan fingerprint density at radius 2 is 2.03 bits per heavy atom. The summed E-state index contributed by atoms with van der Waals surface area (Å²) in [5, 5.41) is 17.9. The van der Waals surface area contributed by atoms with Crippen molar-refractivity contribution in [2.45, 2.75) is 26.2 Å². The smallest absolute Gasteiger partial charge is 0.244 e. The van der Waals surface area contributed by atoms with Crippen LogP contribution in [0.3, 0.4) is 0 Å². The molecule has 3 heterocycles. The Balaban J connectivity index is 2.08. The van der Waals surface area contributed by atoms with Crippen molar-refractivity contribution < 1.29 is 4.74 Å². The lowest BCUT2D eigenvalue weighted by atomic mass is 9.61. The second kappa shape index (κ2) is 7.10. The van der Waals surface area contributed by atoms with Gasteiger partial charge in [0.15, 0.2) is 0 Å². The molecule has 4 rings (SSSR count). The van der Waals surface area contributed by atoms with E-state index in [-0.39, 0.29) is 11.8 Å². The van der Waals surface area contributed by atoms with E-state index in [0.29, 0.717) is 20.8 Å². The first-order valence-electron chi connectivity index (χ1n) is 8.99. The summed E-state index contributed by atoms with van der Waals surface area (Å²) in [5.41, 5.74) is 9.08. The maximum Gasteiger partial charge on any atom is 0.244 e. The summed E-state index contributed by atoms with van der Waals surface area (Å²) in [4.78, 5) is 0.990. The van der Waals surface area contributed by atoms with Crippen LogP contribution in [0.15, 0.2) is 41.8 Å². The molecule has 0 amide bonds. The van der Waals surface area contributed by atoms with Crippen molar-refractivity contribution in [1.29, 1.82) is 5.26 Å². The number of hydrogen-bond donors (Lipinski definition) is 2. The van der Waals surface area contributed by atoms with Crippen molar-refractivity contribution in [3.05, 3.63) is 68.0 Å². The van der Waals surface area contributed by atoms with Gasteiger partial charge < -0.3 is 10.5 Å². The molecule has 8 heteroatoms. The second-order valence-electron chi connectivity index (χ2n) is 7.28. The highest BCUT2D eigenvalue weighted by Crippen LogP contribution is 2.53. The maximum absolute atomic E-state index is 10.1. The molecular formula is C21H18Cl2N4OS. The minimum atomic E-state index is -0.857. The molecule has 1 aromatic carbocycles. The molecule has 0 saturated heterocycles. The van der Waals surface area contributed by atoms with Gasteiger partial charge in [0.05, 0.1) is 15.3 Å². The molecule has 1 unspecified atom stereocenters. The summed E-state index contributed by atoms with van der Waals surface area (Å²) in [6.45, 7) is 6.01. The molecule has 5 nitrogen and oxygen atoms in total. The van der Waals surface area contributed by atoms with Crippen LogP contribution in [-0.4, -0.2) is 10.2 Å². The predicted octanol–water partition coefficient (Wildman–Crippen LogP) is 5.78. The van der Waals surface area contributed by atoms with E-state index in [2.05, 4.69) is 30.1 Å². The third kappa shape index (κ3) is 2.93. The minimum absolute atomic E-state index is 0.0344. The van der Waals surface area contributed by atoms with Gasteiger partial charge in [-0.15, -0.1) is 16.4 Å². The average Bonchev–Trinajstić information content (AvgIpc) is 3.26. The van der Waals surface area contributed by atoms with Gasteiger partial charge in [-0.05, 0) is 54.3 Å². The fourth-order valence-electron chi connectivity index (χ4n) is 4.19. The molecular weight excluding hydrogens is 427 g/mol. The van der Waals surface area contributed by atoms with Crippen LogP contribution in [0.4, 0.5) is 0 Å². The SMILES string of the molecule is Cc1[nH]nc2c1C(c1cc(Cl)cc(-c3ccc(Cl)s3)c1)(C(C)C)C(C#N)=C(N)O2. The first kappa shape index (κ1) is 19.8. The second-order valence-corrected chi connectivity index (χ2v) is 9.43. The third-order valence-corrected chi connectivity index (χ3v) is 6.84. The van der Waals surface area contributed by atoms with Crippen LogP contribution < -0.4 is 10.5 Å². The lowest BCUT2D eigenvalue weighted by molar-refractivity contribution is 0.323. The number of rotatable bonds is 3. The van der Waals surface area contributed by atoms with Gasteiger partial charge in [0.1, 0.15) is 11.6 Å². The highest BCUT2D eigenvalue weighted by Gasteiger charge is 2.50. The standard InChI is InChI=1S/C21H18Cl2N4OS/c1-10(2)21(15(9-24)19(25)28-20-18(21)11(3)26-27-20)13-6-12(7-14(22)8-13)16-4-5-17(23)29-16/h4-8,10H,25H2,1-3H3,(H,26,27). The number of aromatic nitrogens is 2. The molecule has 0 fully saturated rings. The van der Waals surface area contributed by atoms with Gasteiger partial charge >= 0.3 is 0 Å². The van der Waals surface area contributed by atoms with Crippen LogP contribution in [0, 0.1) is 24.2 Å². The summed E-state index contributed by atoms with van der Waals surface area (Å²) < 4.78 is 6.37. The number of ether oxygens (including phenoxy) is 1. The Kier molecular flexibility index (Phi) is 4.86. The molecule has 3 aromatic rings. The predicted molar refractivity (Wildman–Crippen MR) is 116 cm³/mol. The van der Waals surface area contributed by atoms with Crippen molar-refractivity contribution in [2.24, 2.45) is 11.7 Å². The van der Waals surface area contributed by atoms with Gasteiger partial charge in [-0.2, -0.15) is 5.26 Å². The van der Waals surface area contributed by atoms with E-state index in [4.69, 9.17) is 33.7 Å². The van der Waals surface area contributed by atoms with Crippen LogP contribution in [-0.2, 0) is 5.41 Å². The number of aryl methyl sites for hydroxylation is 1. The molecule has 0 spiro atoms. The Hall–Kier alpha value is -2.46. The number of nitrogens with zero attached hydrogens (tertiary/aromatic N) is 2. The number of benzene rings is 1. The fourth-order valence-corrected chi connectivity index (χ4v) is 5.46. The summed E-state index contributed by atoms with van der Waals surface area (Å²) in [6, 6.07) is 11.9. The third-order valence-electron chi connectivity index (χ3n) is 5.34. The number of H-pyrrole nitrogens is 1. The number of hydrogen-bond acceptors (Lipinski definition) is 5.